The second kappa shape index (κ2) is 7.24. The quantitative estimate of drug-likeness (QED) is 0.696. The first-order valence-electron chi connectivity index (χ1n) is 6.05. The van der Waals surface area contributed by atoms with E-state index < -0.39 is 0 Å². The smallest absolute Gasteiger partial charge is 0.0704 e. The van der Waals surface area contributed by atoms with Gasteiger partial charge in [0.2, 0.25) is 0 Å². The summed E-state index contributed by atoms with van der Waals surface area (Å²) in [7, 11) is 2.19. The van der Waals surface area contributed by atoms with E-state index in [-0.39, 0.29) is 5.60 Å². The van der Waals surface area contributed by atoms with Crippen molar-refractivity contribution in [2.24, 2.45) is 0 Å². The largest absolute Gasteiger partial charge is 0.375 e. The van der Waals surface area contributed by atoms with E-state index >= 15 is 0 Å². The normalized spacial score (nSPS) is 21.2. The van der Waals surface area contributed by atoms with Gasteiger partial charge in [0.05, 0.1) is 5.60 Å². The van der Waals surface area contributed by atoms with Crippen molar-refractivity contribution in [3.8, 4) is 0 Å². The third-order valence-electron chi connectivity index (χ3n) is 2.99. The van der Waals surface area contributed by atoms with Crippen molar-refractivity contribution < 1.29 is 4.74 Å². The lowest BCUT2D eigenvalue weighted by Gasteiger charge is -2.39. The van der Waals surface area contributed by atoms with Crippen LogP contribution in [0.25, 0.3) is 0 Å². The average molecular weight is 201 g/mol. The van der Waals surface area contributed by atoms with E-state index in [1.807, 2.05) is 13.8 Å². The molecule has 0 bridgehead atoms. The summed E-state index contributed by atoms with van der Waals surface area (Å²) >= 11 is 0. The van der Waals surface area contributed by atoms with E-state index in [9.17, 15) is 0 Å². The zero-order valence-electron chi connectivity index (χ0n) is 10.6. The molecule has 0 spiro atoms. The highest BCUT2D eigenvalue weighted by Crippen LogP contribution is 2.28. The fourth-order valence-electron chi connectivity index (χ4n) is 1.93. The maximum atomic E-state index is 5.84. The summed E-state index contributed by atoms with van der Waals surface area (Å²) < 4.78 is 5.84. The third-order valence-corrected chi connectivity index (χ3v) is 2.99. The molecule has 1 aliphatic heterocycles. The Labute approximate surface area is 89.6 Å². The second-order valence-corrected chi connectivity index (χ2v) is 3.77. The van der Waals surface area contributed by atoms with Crippen molar-refractivity contribution in [1.29, 1.82) is 0 Å². The van der Waals surface area contributed by atoms with E-state index in [0.29, 0.717) is 0 Å². The minimum absolute atomic E-state index is 0.210. The molecule has 14 heavy (non-hydrogen) atoms. The van der Waals surface area contributed by atoms with Crippen LogP contribution in [0, 0.1) is 0 Å². The van der Waals surface area contributed by atoms with Crippen LogP contribution >= 0.6 is 0 Å². The van der Waals surface area contributed by atoms with Gasteiger partial charge in [-0.25, -0.2) is 0 Å². The molecule has 0 N–H and O–H groups in total. The van der Waals surface area contributed by atoms with Crippen LogP contribution in [0.1, 0.15) is 47.0 Å². The molecule has 1 heterocycles. The SMILES string of the molecule is CC.CCOC1(CC)CCN(C)CC1. The van der Waals surface area contributed by atoms with Crippen molar-refractivity contribution in [3.63, 3.8) is 0 Å². The van der Waals surface area contributed by atoms with Crippen LogP contribution in [0.5, 0.6) is 0 Å². The maximum absolute atomic E-state index is 5.84. The van der Waals surface area contributed by atoms with Crippen molar-refractivity contribution in [3.05, 3.63) is 0 Å². The van der Waals surface area contributed by atoms with Crippen LogP contribution in [0.15, 0.2) is 0 Å². The summed E-state index contributed by atoms with van der Waals surface area (Å²) in [6.45, 7) is 11.6. The summed E-state index contributed by atoms with van der Waals surface area (Å²) in [6.07, 6.45) is 3.57. The monoisotopic (exact) mass is 201 g/mol. The summed E-state index contributed by atoms with van der Waals surface area (Å²) in [5.41, 5.74) is 0.210. The van der Waals surface area contributed by atoms with Crippen LogP contribution in [0.4, 0.5) is 0 Å². The number of piperidine rings is 1. The van der Waals surface area contributed by atoms with Gasteiger partial charge in [0.15, 0.2) is 0 Å². The molecule has 0 aromatic rings. The van der Waals surface area contributed by atoms with E-state index in [0.717, 1.165) is 13.0 Å². The van der Waals surface area contributed by atoms with Crippen molar-refractivity contribution in [1.82, 2.24) is 4.90 Å². The molecule has 0 radical (unpaired) electrons. The first kappa shape index (κ1) is 13.9. The van der Waals surface area contributed by atoms with Gasteiger partial charge < -0.3 is 9.64 Å². The van der Waals surface area contributed by atoms with E-state index in [1.165, 1.54) is 25.9 Å². The molecular weight excluding hydrogens is 174 g/mol. The lowest BCUT2D eigenvalue weighted by Crippen LogP contribution is -2.44. The minimum atomic E-state index is 0.210. The number of likely N-dealkylation sites (tertiary alicyclic amines) is 1. The highest BCUT2D eigenvalue weighted by Gasteiger charge is 2.31. The highest BCUT2D eigenvalue weighted by atomic mass is 16.5. The molecule has 1 aliphatic rings. The van der Waals surface area contributed by atoms with Gasteiger partial charge in [-0.05, 0) is 33.2 Å². The Kier molecular flexibility index (Phi) is 7.20. The van der Waals surface area contributed by atoms with Gasteiger partial charge in [0.25, 0.3) is 0 Å². The van der Waals surface area contributed by atoms with Crippen LogP contribution in [-0.4, -0.2) is 37.2 Å². The Morgan fingerprint density at radius 2 is 1.64 bits per heavy atom. The van der Waals surface area contributed by atoms with E-state index in [4.69, 9.17) is 4.74 Å². The molecule has 0 aromatic heterocycles. The Bertz CT molecular complexity index is 128. The van der Waals surface area contributed by atoms with Gasteiger partial charge in [-0.15, -0.1) is 0 Å². The minimum Gasteiger partial charge on any atom is -0.375 e. The van der Waals surface area contributed by atoms with Crippen molar-refractivity contribution >= 4 is 0 Å². The predicted molar refractivity (Wildman–Crippen MR) is 62.7 cm³/mol. The van der Waals surface area contributed by atoms with Gasteiger partial charge in [-0.3, -0.25) is 0 Å². The number of hydrogen-bond acceptors (Lipinski definition) is 2. The summed E-state index contributed by atoms with van der Waals surface area (Å²) in [6, 6.07) is 0. The van der Waals surface area contributed by atoms with Crippen LogP contribution in [0.3, 0.4) is 0 Å². The van der Waals surface area contributed by atoms with Crippen LogP contribution in [0.2, 0.25) is 0 Å². The molecule has 1 rings (SSSR count). The summed E-state index contributed by atoms with van der Waals surface area (Å²) in [5, 5.41) is 0. The molecule has 1 fully saturated rings. The van der Waals surface area contributed by atoms with Gasteiger partial charge in [0, 0.05) is 19.7 Å². The lowest BCUT2D eigenvalue weighted by molar-refractivity contribution is -0.0782. The van der Waals surface area contributed by atoms with Crippen LogP contribution < -0.4 is 0 Å². The third kappa shape index (κ3) is 3.97. The molecule has 0 saturated carbocycles. The Hall–Kier alpha value is -0.0800. The number of ether oxygens (including phenoxy) is 1. The molecule has 0 atom stereocenters. The molecule has 0 unspecified atom stereocenters. The van der Waals surface area contributed by atoms with E-state index in [2.05, 4.69) is 25.8 Å². The lowest BCUT2D eigenvalue weighted by atomic mass is 9.89. The molecule has 0 amide bonds. The number of rotatable bonds is 3. The Morgan fingerprint density at radius 3 is 2.00 bits per heavy atom. The van der Waals surface area contributed by atoms with Crippen molar-refractivity contribution in [2.75, 3.05) is 26.7 Å². The fourth-order valence-corrected chi connectivity index (χ4v) is 1.93. The fraction of sp³-hybridized carbons (Fsp3) is 1.00. The highest BCUT2D eigenvalue weighted by molar-refractivity contribution is 4.85. The van der Waals surface area contributed by atoms with Gasteiger partial charge in [0.1, 0.15) is 0 Å². The molecular formula is C12H27NO. The van der Waals surface area contributed by atoms with Crippen LogP contribution in [-0.2, 0) is 4.74 Å². The first-order chi connectivity index (χ1) is 6.72. The molecule has 2 nitrogen and oxygen atoms in total. The van der Waals surface area contributed by atoms with E-state index in [1.54, 1.807) is 0 Å². The number of hydrogen-bond donors (Lipinski definition) is 0. The molecule has 1 saturated heterocycles. The van der Waals surface area contributed by atoms with Gasteiger partial charge >= 0.3 is 0 Å². The summed E-state index contributed by atoms with van der Waals surface area (Å²) in [4.78, 5) is 2.38. The van der Waals surface area contributed by atoms with Crippen molar-refractivity contribution in [2.45, 2.75) is 52.6 Å². The zero-order chi connectivity index (χ0) is 11.0. The average Bonchev–Trinajstić information content (AvgIpc) is 2.25. The Morgan fingerprint density at radius 1 is 1.14 bits per heavy atom. The number of nitrogens with zero attached hydrogens (tertiary/aromatic N) is 1. The maximum Gasteiger partial charge on any atom is 0.0704 e. The van der Waals surface area contributed by atoms with Gasteiger partial charge in [-0.1, -0.05) is 20.8 Å². The molecule has 2 heteroatoms. The second-order valence-electron chi connectivity index (χ2n) is 3.77. The molecule has 86 valence electrons. The summed E-state index contributed by atoms with van der Waals surface area (Å²) in [5.74, 6) is 0. The topological polar surface area (TPSA) is 12.5 Å². The predicted octanol–water partition coefficient (Wildman–Crippen LogP) is 2.92. The first-order valence-corrected chi connectivity index (χ1v) is 6.05. The Balaban J connectivity index is 0.000000791. The van der Waals surface area contributed by atoms with Gasteiger partial charge in [-0.2, -0.15) is 0 Å². The molecule has 0 aromatic carbocycles. The molecule has 0 aliphatic carbocycles. The zero-order valence-corrected chi connectivity index (χ0v) is 10.6. The standard InChI is InChI=1S/C10H21NO.C2H6/c1-4-10(12-5-2)6-8-11(3)9-7-10;1-2/h4-9H2,1-3H3;1-2H3.